The Hall–Kier alpha value is -4.41. The first-order valence-corrected chi connectivity index (χ1v) is 14.4. The number of likely N-dealkylation sites (tertiary alicyclic amines) is 1. The zero-order valence-corrected chi connectivity index (χ0v) is 25.6. The molecular weight excluding hydrogens is 552 g/mol. The highest BCUT2D eigenvalue weighted by atomic mass is 16.6. The van der Waals surface area contributed by atoms with E-state index in [1.807, 2.05) is 60.7 Å². The number of benzene rings is 2. The van der Waals surface area contributed by atoms with Crippen molar-refractivity contribution in [1.82, 2.24) is 20.4 Å². The summed E-state index contributed by atoms with van der Waals surface area (Å²) in [4.78, 5) is 67.3. The number of ether oxygens (including phenoxy) is 1. The Bertz CT molecular complexity index is 1260. The third-order valence-electron chi connectivity index (χ3n) is 7.42. The number of carbonyl (C=O) groups excluding carboxylic acids is 4. The minimum atomic E-state index is -1.30. The summed E-state index contributed by atoms with van der Waals surface area (Å²) in [5, 5.41) is 15.6. The van der Waals surface area contributed by atoms with Crippen molar-refractivity contribution in [2.24, 2.45) is 0 Å². The third-order valence-corrected chi connectivity index (χ3v) is 7.42. The lowest BCUT2D eigenvalue weighted by molar-refractivity contribution is -0.145. The molecule has 0 spiro atoms. The molecule has 2 aromatic rings. The number of nitrogens with zero attached hydrogens (tertiary/aromatic N) is 2. The first-order chi connectivity index (χ1) is 20.2. The van der Waals surface area contributed by atoms with Gasteiger partial charge in [0, 0.05) is 19.5 Å². The fourth-order valence-corrected chi connectivity index (χ4v) is 5.05. The second kappa shape index (κ2) is 14.2. The number of amides is 4. The molecule has 0 saturated carbocycles. The Morgan fingerprint density at radius 3 is 1.95 bits per heavy atom. The van der Waals surface area contributed by atoms with E-state index in [-0.39, 0.29) is 6.54 Å². The van der Waals surface area contributed by atoms with Crippen LogP contribution in [0.2, 0.25) is 0 Å². The molecule has 0 aliphatic carbocycles. The summed E-state index contributed by atoms with van der Waals surface area (Å²) < 4.78 is 5.31. The molecular formula is C32H42N4O7. The van der Waals surface area contributed by atoms with Crippen molar-refractivity contribution in [2.45, 2.75) is 83.1 Å². The molecule has 2 aromatic carbocycles. The topological polar surface area (TPSA) is 145 Å². The Labute approximate surface area is 252 Å². The molecule has 1 fully saturated rings. The summed E-state index contributed by atoms with van der Waals surface area (Å²) in [6.07, 6.45) is 0.215. The highest BCUT2D eigenvalue weighted by Crippen LogP contribution is 2.29. The Morgan fingerprint density at radius 2 is 1.47 bits per heavy atom. The molecule has 0 aromatic heterocycles. The van der Waals surface area contributed by atoms with E-state index in [2.05, 4.69) is 10.6 Å². The van der Waals surface area contributed by atoms with E-state index in [0.29, 0.717) is 12.8 Å². The van der Waals surface area contributed by atoms with Crippen molar-refractivity contribution in [3.05, 3.63) is 71.8 Å². The van der Waals surface area contributed by atoms with Crippen molar-refractivity contribution in [1.29, 1.82) is 0 Å². The Balaban J connectivity index is 1.72. The summed E-state index contributed by atoms with van der Waals surface area (Å²) in [5.41, 5.74) is 0.711. The average Bonchev–Trinajstić information content (AvgIpc) is 3.46. The molecule has 1 aliphatic rings. The predicted molar refractivity (Wildman–Crippen MR) is 160 cm³/mol. The lowest BCUT2D eigenvalue weighted by Gasteiger charge is -2.31. The van der Waals surface area contributed by atoms with Gasteiger partial charge >= 0.3 is 12.1 Å². The summed E-state index contributed by atoms with van der Waals surface area (Å²) in [5.74, 6) is -3.49. The molecule has 0 radical (unpaired) electrons. The maximum absolute atomic E-state index is 13.6. The van der Waals surface area contributed by atoms with E-state index >= 15 is 0 Å². The molecule has 3 rings (SSSR count). The van der Waals surface area contributed by atoms with Crippen molar-refractivity contribution in [3.63, 3.8) is 0 Å². The van der Waals surface area contributed by atoms with Gasteiger partial charge in [-0.1, -0.05) is 60.7 Å². The highest BCUT2D eigenvalue weighted by Gasteiger charge is 2.40. The van der Waals surface area contributed by atoms with Crippen LogP contribution in [-0.4, -0.2) is 88.1 Å². The standard InChI is InChI=1S/C32H42N4O7/c1-20(33-27(37)21(2)35(6)31(42)43-32(3,4)5)29(39)36-19-13-18-24(36)28(38)34-26(30(40)41)25(22-14-9-7-10-15-22)23-16-11-8-12-17-23/h7-12,14-17,20-21,24-26H,13,18-19H2,1-6H3,(H,33,37)(H,34,38)(H,40,41)/t20-,21-,24-,26-/m0/s1. The molecule has 1 heterocycles. The number of carbonyl (C=O) groups is 5. The van der Waals surface area contributed by atoms with Gasteiger partial charge in [-0.15, -0.1) is 0 Å². The number of hydrogen-bond acceptors (Lipinski definition) is 6. The molecule has 43 heavy (non-hydrogen) atoms. The Morgan fingerprint density at radius 1 is 0.930 bits per heavy atom. The van der Waals surface area contributed by atoms with E-state index in [1.165, 1.54) is 25.8 Å². The molecule has 0 unspecified atom stereocenters. The van der Waals surface area contributed by atoms with Gasteiger partial charge < -0.3 is 25.4 Å². The van der Waals surface area contributed by atoms with Crippen LogP contribution in [0.3, 0.4) is 0 Å². The van der Waals surface area contributed by atoms with Crippen LogP contribution in [0.1, 0.15) is 64.5 Å². The summed E-state index contributed by atoms with van der Waals surface area (Å²) in [7, 11) is 1.43. The smallest absolute Gasteiger partial charge is 0.410 e. The second-order valence-electron chi connectivity index (χ2n) is 11.8. The van der Waals surface area contributed by atoms with E-state index in [4.69, 9.17) is 4.74 Å². The van der Waals surface area contributed by atoms with Crippen LogP contribution in [-0.2, 0) is 23.9 Å². The molecule has 1 aliphatic heterocycles. The first-order valence-electron chi connectivity index (χ1n) is 14.4. The fourth-order valence-electron chi connectivity index (χ4n) is 5.05. The normalized spacial score (nSPS) is 17.0. The van der Waals surface area contributed by atoms with Gasteiger partial charge in [0.1, 0.15) is 29.8 Å². The maximum Gasteiger partial charge on any atom is 0.410 e. The lowest BCUT2D eigenvalue weighted by Crippen LogP contribution is -2.57. The number of carboxylic acids is 1. The van der Waals surface area contributed by atoms with E-state index in [0.717, 1.165) is 16.0 Å². The SMILES string of the molecule is C[C@H](NC(=O)[C@H](C)N(C)C(=O)OC(C)(C)C)C(=O)N1CCC[C@H]1C(=O)N[C@H](C(=O)O)C(c1ccccc1)c1ccccc1. The quantitative estimate of drug-likeness (QED) is 0.383. The van der Waals surface area contributed by atoms with Crippen LogP contribution >= 0.6 is 0 Å². The van der Waals surface area contributed by atoms with Gasteiger partial charge in [0.15, 0.2) is 0 Å². The molecule has 232 valence electrons. The van der Waals surface area contributed by atoms with Crippen LogP contribution in [0, 0.1) is 0 Å². The molecule has 11 heteroatoms. The van der Waals surface area contributed by atoms with E-state index in [1.54, 1.807) is 20.8 Å². The van der Waals surface area contributed by atoms with Crippen LogP contribution in [0.25, 0.3) is 0 Å². The summed E-state index contributed by atoms with van der Waals surface area (Å²) in [6.45, 7) is 8.46. The zero-order chi connectivity index (χ0) is 31.9. The van der Waals surface area contributed by atoms with Crippen molar-refractivity contribution < 1.29 is 33.8 Å². The number of aliphatic carboxylic acids is 1. The van der Waals surface area contributed by atoms with Crippen LogP contribution in [0.15, 0.2) is 60.7 Å². The number of nitrogens with one attached hydrogen (secondary N) is 2. The molecule has 4 atom stereocenters. The largest absolute Gasteiger partial charge is 0.480 e. The minimum Gasteiger partial charge on any atom is -0.480 e. The number of carboxylic acid groups (broad SMARTS) is 1. The van der Waals surface area contributed by atoms with Crippen molar-refractivity contribution in [2.75, 3.05) is 13.6 Å². The van der Waals surface area contributed by atoms with Gasteiger partial charge in [0.25, 0.3) is 0 Å². The van der Waals surface area contributed by atoms with Gasteiger partial charge in [-0.05, 0) is 58.6 Å². The van der Waals surface area contributed by atoms with Crippen LogP contribution in [0.5, 0.6) is 0 Å². The van der Waals surface area contributed by atoms with Crippen LogP contribution in [0.4, 0.5) is 4.79 Å². The van der Waals surface area contributed by atoms with Gasteiger partial charge in [-0.3, -0.25) is 19.3 Å². The van der Waals surface area contributed by atoms with Gasteiger partial charge in [-0.2, -0.15) is 0 Å². The summed E-state index contributed by atoms with van der Waals surface area (Å²) in [6, 6.07) is 14.1. The average molecular weight is 595 g/mol. The van der Waals surface area contributed by atoms with Crippen molar-refractivity contribution in [3.8, 4) is 0 Å². The molecule has 1 saturated heterocycles. The monoisotopic (exact) mass is 594 g/mol. The van der Waals surface area contributed by atoms with Gasteiger partial charge in [0.05, 0.1) is 0 Å². The maximum atomic E-state index is 13.6. The summed E-state index contributed by atoms with van der Waals surface area (Å²) >= 11 is 0. The zero-order valence-electron chi connectivity index (χ0n) is 25.6. The number of rotatable bonds is 10. The number of hydrogen-bond donors (Lipinski definition) is 3. The highest BCUT2D eigenvalue weighted by molar-refractivity contribution is 5.95. The number of likely N-dealkylation sites (N-methyl/N-ethyl adjacent to an activating group) is 1. The third kappa shape index (κ3) is 8.56. The fraction of sp³-hybridized carbons (Fsp3) is 0.469. The molecule has 4 amide bonds. The van der Waals surface area contributed by atoms with E-state index in [9.17, 15) is 29.1 Å². The van der Waals surface area contributed by atoms with Gasteiger partial charge in [0.2, 0.25) is 17.7 Å². The molecule has 3 N–H and O–H groups in total. The predicted octanol–water partition coefficient (Wildman–Crippen LogP) is 3.14. The molecule has 0 bridgehead atoms. The first kappa shape index (κ1) is 33.1. The van der Waals surface area contributed by atoms with Crippen molar-refractivity contribution >= 4 is 29.8 Å². The van der Waals surface area contributed by atoms with E-state index < -0.39 is 65.5 Å². The second-order valence-corrected chi connectivity index (χ2v) is 11.8. The Kier molecular flexibility index (Phi) is 10.9. The molecule has 11 nitrogen and oxygen atoms in total. The minimum absolute atomic E-state index is 0.281. The lowest BCUT2D eigenvalue weighted by atomic mass is 9.85. The van der Waals surface area contributed by atoms with Gasteiger partial charge in [-0.25, -0.2) is 9.59 Å². The van der Waals surface area contributed by atoms with Crippen LogP contribution < -0.4 is 10.6 Å².